The third kappa shape index (κ3) is 4.70. The van der Waals surface area contributed by atoms with E-state index < -0.39 is 13.0 Å². The molecule has 0 spiro atoms. The Morgan fingerprint density at radius 2 is 2.11 bits per heavy atom. The fraction of sp³-hybridized carbons (Fsp3) is 0.636. The van der Waals surface area contributed by atoms with Crippen LogP contribution in [0.1, 0.15) is 31.3 Å². The van der Waals surface area contributed by atoms with E-state index in [2.05, 4.69) is 25.9 Å². The molecule has 7 heteroatoms. The minimum Gasteiger partial charge on any atom is -0.375 e. The van der Waals surface area contributed by atoms with E-state index in [1.165, 1.54) is 0 Å². The van der Waals surface area contributed by atoms with Crippen molar-refractivity contribution in [3.05, 3.63) is 20.6 Å². The molecule has 3 nitrogen and oxygen atoms in total. The average molecular weight is 341 g/mol. The van der Waals surface area contributed by atoms with Crippen LogP contribution in [0.4, 0.5) is 8.78 Å². The number of rotatable bonds is 6. The molecule has 0 saturated carbocycles. The zero-order chi connectivity index (χ0) is 13.7. The van der Waals surface area contributed by atoms with Crippen LogP contribution in [0.15, 0.2) is 4.47 Å². The molecule has 0 saturated heterocycles. The normalized spacial score (nSPS) is 11.5. The summed E-state index contributed by atoms with van der Waals surface area (Å²) < 4.78 is 29.8. The molecule has 18 heavy (non-hydrogen) atoms. The Bertz CT molecular complexity index is 451. The van der Waals surface area contributed by atoms with Gasteiger partial charge in [-0.1, -0.05) is 26.1 Å². The van der Waals surface area contributed by atoms with Gasteiger partial charge < -0.3 is 9.72 Å². The molecular weight excluding hydrogens is 326 g/mol. The Morgan fingerprint density at radius 3 is 2.67 bits per heavy atom. The van der Waals surface area contributed by atoms with E-state index >= 15 is 0 Å². The summed E-state index contributed by atoms with van der Waals surface area (Å²) in [7, 11) is 0. The van der Waals surface area contributed by atoms with Gasteiger partial charge in [-0.3, -0.25) is 0 Å². The van der Waals surface area contributed by atoms with Crippen molar-refractivity contribution in [3.8, 4) is 0 Å². The number of aromatic amines is 1. The highest BCUT2D eigenvalue weighted by Crippen LogP contribution is 2.23. The van der Waals surface area contributed by atoms with E-state index in [4.69, 9.17) is 17.0 Å². The molecule has 0 bridgehead atoms. The highest BCUT2D eigenvalue weighted by Gasteiger charge is 2.10. The second kappa shape index (κ2) is 7.25. The Labute approximate surface area is 118 Å². The lowest BCUT2D eigenvalue weighted by molar-refractivity contribution is 0.0182. The molecule has 1 aromatic rings. The van der Waals surface area contributed by atoms with Crippen LogP contribution >= 0.6 is 28.1 Å². The molecule has 0 aliphatic rings. The van der Waals surface area contributed by atoms with Gasteiger partial charge in [-0.05, 0) is 21.8 Å². The van der Waals surface area contributed by atoms with E-state index in [9.17, 15) is 8.78 Å². The third-order valence-electron chi connectivity index (χ3n) is 2.24. The molecule has 1 N–H and O–H groups in total. The van der Waals surface area contributed by atoms with E-state index in [0.29, 0.717) is 16.9 Å². The number of alkyl halides is 2. The SMILES string of the molecule is CC(C)c1[nH]c(CCOCC(F)F)nc(=S)c1Br. The topological polar surface area (TPSA) is 37.9 Å². The van der Waals surface area contributed by atoms with Crippen molar-refractivity contribution in [3.63, 3.8) is 0 Å². The third-order valence-corrected chi connectivity index (χ3v) is 3.60. The minimum atomic E-state index is -2.44. The largest absolute Gasteiger partial charge is 0.375 e. The molecule has 0 amide bonds. The van der Waals surface area contributed by atoms with Crippen molar-refractivity contribution < 1.29 is 13.5 Å². The number of hydrogen-bond donors (Lipinski definition) is 1. The molecule has 0 aliphatic heterocycles. The number of nitrogens with one attached hydrogen (secondary N) is 1. The number of H-pyrrole nitrogens is 1. The molecule has 0 aromatic carbocycles. The van der Waals surface area contributed by atoms with Gasteiger partial charge in [0.15, 0.2) is 0 Å². The van der Waals surface area contributed by atoms with E-state index in [0.717, 1.165) is 10.2 Å². The summed E-state index contributed by atoms with van der Waals surface area (Å²) in [6.07, 6.45) is -2.00. The van der Waals surface area contributed by atoms with E-state index in [1.54, 1.807) is 0 Å². The van der Waals surface area contributed by atoms with Crippen LogP contribution in [0.5, 0.6) is 0 Å². The van der Waals surface area contributed by atoms with Gasteiger partial charge in [0.1, 0.15) is 17.1 Å². The fourth-order valence-electron chi connectivity index (χ4n) is 1.38. The molecule has 1 rings (SSSR count). The molecular formula is C11H15BrF2N2OS. The number of nitrogens with zero attached hydrogens (tertiary/aromatic N) is 1. The summed E-state index contributed by atoms with van der Waals surface area (Å²) in [6, 6.07) is 0. The minimum absolute atomic E-state index is 0.196. The monoisotopic (exact) mass is 340 g/mol. The van der Waals surface area contributed by atoms with Crippen LogP contribution in [0, 0.1) is 4.64 Å². The van der Waals surface area contributed by atoms with Crippen molar-refractivity contribution in [2.45, 2.75) is 32.6 Å². The first-order valence-corrected chi connectivity index (χ1v) is 6.76. The lowest BCUT2D eigenvalue weighted by atomic mass is 10.1. The van der Waals surface area contributed by atoms with Gasteiger partial charge in [-0.15, -0.1) is 0 Å². The first-order chi connectivity index (χ1) is 8.41. The van der Waals surface area contributed by atoms with Gasteiger partial charge in [0, 0.05) is 12.1 Å². The number of halogens is 3. The van der Waals surface area contributed by atoms with Gasteiger partial charge >= 0.3 is 0 Å². The van der Waals surface area contributed by atoms with Gasteiger partial charge in [-0.2, -0.15) is 0 Å². The fourth-order valence-corrected chi connectivity index (χ4v) is 2.25. The standard InChI is InChI=1S/C11H15BrF2N2OS/c1-6(2)10-9(12)11(18)16-8(15-10)3-4-17-5-7(13)14/h6-7H,3-5H2,1-2H3,(H,15,16,18). The lowest BCUT2D eigenvalue weighted by Gasteiger charge is -2.11. The van der Waals surface area contributed by atoms with Crippen LogP contribution < -0.4 is 0 Å². The number of ether oxygens (including phenoxy) is 1. The Morgan fingerprint density at radius 1 is 1.44 bits per heavy atom. The predicted octanol–water partition coefficient (Wildman–Crippen LogP) is 3.85. The smallest absolute Gasteiger partial charge is 0.261 e. The molecule has 0 unspecified atom stereocenters. The van der Waals surface area contributed by atoms with Crippen molar-refractivity contribution >= 4 is 28.1 Å². The zero-order valence-corrected chi connectivity index (χ0v) is 12.6. The second-order valence-corrected chi connectivity index (χ2v) is 5.27. The van der Waals surface area contributed by atoms with Crippen LogP contribution in [-0.4, -0.2) is 29.6 Å². The van der Waals surface area contributed by atoms with Crippen LogP contribution in [-0.2, 0) is 11.2 Å². The molecule has 1 heterocycles. The van der Waals surface area contributed by atoms with Gasteiger partial charge in [0.25, 0.3) is 6.43 Å². The lowest BCUT2D eigenvalue weighted by Crippen LogP contribution is -2.10. The van der Waals surface area contributed by atoms with Gasteiger partial charge in [-0.25, -0.2) is 13.8 Å². The van der Waals surface area contributed by atoms with Crippen LogP contribution in [0.25, 0.3) is 0 Å². The maximum absolute atomic E-state index is 11.9. The van der Waals surface area contributed by atoms with Crippen LogP contribution in [0.2, 0.25) is 0 Å². The maximum Gasteiger partial charge on any atom is 0.261 e. The van der Waals surface area contributed by atoms with Crippen molar-refractivity contribution in [1.82, 2.24) is 9.97 Å². The zero-order valence-electron chi connectivity index (χ0n) is 10.2. The van der Waals surface area contributed by atoms with Crippen molar-refractivity contribution in [2.75, 3.05) is 13.2 Å². The molecule has 0 radical (unpaired) electrons. The predicted molar refractivity (Wildman–Crippen MR) is 71.7 cm³/mol. The Hall–Kier alpha value is -0.400. The highest BCUT2D eigenvalue weighted by atomic mass is 79.9. The molecule has 102 valence electrons. The average Bonchev–Trinajstić information content (AvgIpc) is 2.28. The highest BCUT2D eigenvalue weighted by molar-refractivity contribution is 9.10. The molecule has 0 atom stereocenters. The summed E-state index contributed by atoms with van der Waals surface area (Å²) in [5, 5.41) is 0. The van der Waals surface area contributed by atoms with E-state index in [1.807, 2.05) is 13.8 Å². The number of aromatic nitrogens is 2. The summed E-state index contributed by atoms with van der Waals surface area (Å²) in [5.41, 5.74) is 0.957. The van der Waals surface area contributed by atoms with Crippen molar-refractivity contribution in [2.24, 2.45) is 0 Å². The summed E-state index contributed by atoms with van der Waals surface area (Å²) in [5.74, 6) is 0.922. The van der Waals surface area contributed by atoms with Crippen LogP contribution in [0.3, 0.4) is 0 Å². The van der Waals surface area contributed by atoms with Gasteiger partial charge in [0.2, 0.25) is 0 Å². The molecule has 1 aromatic heterocycles. The Balaban J connectivity index is 2.70. The maximum atomic E-state index is 11.9. The summed E-state index contributed by atoms with van der Waals surface area (Å²) >= 11 is 8.52. The summed E-state index contributed by atoms with van der Waals surface area (Å²) in [6.45, 7) is 3.71. The van der Waals surface area contributed by atoms with E-state index in [-0.39, 0.29) is 12.5 Å². The second-order valence-electron chi connectivity index (χ2n) is 4.09. The molecule has 0 fully saturated rings. The Kier molecular flexibility index (Phi) is 6.31. The quantitative estimate of drug-likeness (QED) is 0.631. The molecule has 0 aliphatic carbocycles. The first kappa shape index (κ1) is 15.7. The number of hydrogen-bond acceptors (Lipinski definition) is 3. The van der Waals surface area contributed by atoms with Crippen molar-refractivity contribution in [1.29, 1.82) is 0 Å². The summed E-state index contributed by atoms with van der Waals surface area (Å²) in [4.78, 5) is 7.33. The first-order valence-electron chi connectivity index (χ1n) is 5.56. The van der Waals surface area contributed by atoms with Gasteiger partial charge in [0.05, 0.1) is 11.1 Å².